The van der Waals surface area contributed by atoms with Crippen LogP contribution in [0.2, 0.25) is 0 Å². The number of pyridine rings is 1. The summed E-state index contributed by atoms with van der Waals surface area (Å²) in [5, 5.41) is 1.01. The van der Waals surface area contributed by atoms with Crippen LogP contribution in [0.5, 0.6) is 0 Å². The van der Waals surface area contributed by atoms with Gasteiger partial charge in [0.15, 0.2) is 5.13 Å². The molecule has 0 atom stereocenters. The third-order valence-corrected chi connectivity index (χ3v) is 6.92. The number of carbonyl (C=O) groups excluding carboxylic acids is 1. The Morgan fingerprint density at radius 3 is 2.43 bits per heavy atom. The third kappa shape index (κ3) is 3.93. The van der Waals surface area contributed by atoms with Crippen molar-refractivity contribution < 1.29 is 9.53 Å². The van der Waals surface area contributed by atoms with E-state index >= 15 is 0 Å². The van der Waals surface area contributed by atoms with Crippen LogP contribution in [0.25, 0.3) is 0 Å². The van der Waals surface area contributed by atoms with E-state index in [9.17, 15) is 4.79 Å². The maximum atomic E-state index is 11.7. The molecular weight excluding hydrogens is 370 g/mol. The molecule has 2 aromatic rings. The number of hydrogen-bond donors (Lipinski definition) is 0. The summed E-state index contributed by atoms with van der Waals surface area (Å²) >= 11 is 1.80. The van der Waals surface area contributed by atoms with E-state index in [1.54, 1.807) is 23.6 Å². The van der Waals surface area contributed by atoms with Crippen LogP contribution in [-0.4, -0.2) is 29.6 Å². The lowest BCUT2D eigenvalue weighted by Gasteiger charge is -2.37. The van der Waals surface area contributed by atoms with Crippen molar-refractivity contribution in [2.75, 3.05) is 18.6 Å². The smallest absolute Gasteiger partial charge is 0.356 e. The number of anilines is 2. The third-order valence-electron chi connectivity index (χ3n) is 5.48. The van der Waals surface area contributed by atoms with Crippen molar-refractivity contribution in [3.8, 4) is 0 Å². The Labute approximate surface area is 172 Å². The van der Waals surface area contributed by atoms with Crippen molar-refractivity contribution in [1.29, 1.82) is 0 Å². The summed E-state index contributed by atoms with van der Waals surface area (Å²) in [5.41, 5.74) is 2.74. The molecule has 28 heavy (non-hydrogen) atoms. The van der Waals surface area contributed by atoms with Gasteiger partial charge in [0.2, 0.25) is 0 Å². The van der Waals surface area contributed by atoms with Gasteiger partial charge in [0.1, 0.15) is 5.69 Å². The van der Waals surface area contributed by atoms with Crippen molar-refractivity contribution in [3.05, 3.63) is 34.6 Å². The molecule has 0 saturated heterocycles. The lowest BCUT2D eigenvalue weighted by molar-refractivity contribution is 0.0594. The number of aromatic nitrogens is 2. The van der Waals surface area contributed by atoms with Crippen LogP contribution in [0.4, 0.5) is 10.8 Å². The number of fused-ring (bicyclic) bond motifs is 1. The van der Waals surface area contributed by atoms with Crippen LogP contribution in [0.15, 0.2) is 18.3 Å². The number of carbonyl (C=O) groups is 1. The Hall–Kier alpha value is -1.95. The number of nitrogens with zero attached hydrogens (tertiary/aromatic N) is 3. The zero-order valence-corrected chi connectivity index (χ0v) is 18.8. The minimum atomic E-state index is -0.421. The number of rotatable bonds is 5. The Bertz CT molecular complexity index is 820. The molecule has 0 N–H and O–H groups in total. The minimum absolute atomic E-state index is 0.0933. The molecule has 1 aliphatic carbocycles. The van der Waals surface area contributed by atoms with E-state index in [1.165, 1.54) is 24.1 Å². The summed E-state index contributed by atoms with van der Waals surface area (Å²) in [7, 11) is 1.37. The first kappa shape index (κ1) is 20.8. The Balaban J connectivity index is 2.04. The van der Waals surface area contributed by atoms with E-state index in [2.05, 4.69) is 51.4 Å². The molecule has 0 amide bonds. The van der Waals surface area contributed by atoms with Gasteiger partial charge >= 0.3 is 5.97 Å². The van der Waals surface area contributed by atoms with Crippen LogP contribution in [-0.2, 0) is 15.6 Å². The first-order valence-corrected chi connectivity index (χ1v) is 10.7. The summed E-state index contributed by atoms with van der Waals surface area (Å²) in [6, 6.07) is 3.65. The SMILES string of the molecule is COC(=O)c1ccc(N(CC(C)C)c2nc3c(s2)C(C)(C)CCC3(C)C)cn1. The maximum Gasteiger partial charge on any atom is 0.356 e. The first-order chi connectivity index (χ1) is 13.0. The van der Waals surface area contributed by atoms with Gasteiger partial charge in [-0.3, -0.25) is 0 Å². The van der Waals surface area contributed by atoms with E-state index in [1.807, 2.05) is 6.07 Å². The molecule has 0 aromatic carbocycles. The number of esters is 1. The molecule has 0 radical (unpaired) electrons. The number of thiazole rings is 1. The van der Waals surface area contributed by atoms with Gasteiger partial charge in [-0.05, 0) is 30.9 Å². The number of methoxy groups -OCH3 is 1. The van der Waals surface area contributed by atoms with Gasteiger partial charge in [0.05, 0.1) is 24.7 Å². The predicted octanol–water partition coefficient (Wildman–Crippen LogP) is 5.47. The van der Waals surface area contributed by atoms with Crippen LogP contribution >= 0.6 is 11.3 Å². The second-order valence-electron chi connectivity index (χ2n) is 9.34. The summed E-state index contributed by atoms with van der Waals surface area (Å²) < 4.78 is 4.76. The van der Waals surface area contributed by atoms with E-state index < -0.39 is 5.97 Å². The van der Waals surface area contributed by atoms with E-state index in [4.69, 9.17) is 9.72 Å². The van der Waals surface area contributed by atoms with Crippen LogP contribution in [0.3, 0.4) is 0 Å². The highest BCUT2D eigenvalue weighted by Gasteiger charge is 2.41. The molecule has 0 unspecified atom stereocenters. The normalized spacial score (nSPS) is 17.3. The Kier molecular flexibility index (Phi) is 5.54. The lowest BCUT2D eigenvalue weighted by Crippen LogP contribution is -2.32. The van der Waals surface area contributed by atoms with Crippen LogP contribution < -0.4 is 4.90 Å². The predicted molar refractivity (Wildman–Crippen MR) is 115 cm³/mol. The zero-order valence-electron chi connectivity index (χ0n) is 18.0. The summed E-state index contributed by atoms with van der Waals surface area (Å²) in [4.78, 5) is 24.8. The quantitative estimate of drug-likeness (QED) is 0.622. The fourth-order valence-corrected chi connectivity index (χ4v) is 5.04. The van der Waals surface area contributed by atoms with Gasteiger partial charge in [-0.2, -0.15) is 0 Å². The second kappa shape index (κ2) is 7.47. The fourth-order valence-electron chi connectivity index (χ4n) is 3.63. The van der Waals surface area contributed by atoms with Gasteiger partial charge in [-0.15, -0.1) is 11.3 Å². The molecule has 152 valence electrons. The minimum Gasteiger partial charge on any atom is -0.464 e. The van der Waals surface area contributed by atoms with Gasteiger partial charge in [0, 0.05) is 22.3 Å². The Morgan fingerprint density at radius 2 is 1.89 bits per heavy atom. The van der Waals surface area contributed by atoms with Crippen molar-refractivity contribution in [3.63, 3.8) is 0 Å². The highest BCUT2D eigenvalue weighted by Crippen LogP contribution is 2.50. The molecule has 5 nitrogen and oxygen atoms in total. The molecule has 2 heterocycles. The highest BCUT2D eigenvalue weighted by molar-refractivity contribution is 7.16. The van der Waals surface area contributed by atoms with Gasteiger partial charge in [0.25, 0.3) is 0 Å². The van der Waals surface area contributed by atoms with E-state index in [-0.39, 0.29) is 10.8 Å². The molecule has 3 rings (SSSR count). The van der Waals surface area contributed by atoms with E-state index in [0.29, 0.717) is 11.6 Å². The lowest BCUT2D eigenvalue weighted by atomic mass is 9.69. The van der Waals surface area contributed by atoms with Gasteiger partial charge < -0.3 is 9.64 Å². The molecule has 0 spiro atoms. The number of hydrogen-bond acceptors (Lipinski definition) is 6. The molecule has 2 aromatic heterocycles. The molecule has 0 bridgehead atoms. The fraction of sp³-hybridized carbons (Fsp3) is 0.591. The first-order valence-electron chi connectivity index (χ1n) is 9.89. The summed E-state index contributed by atoms with van der Waals surface area (Å²) in [6.45, 7) is 14.5. The van der Waals surface area contributed by atoms with Crippen molar-refractivity contribution in [2.24, 2.45) is 5.92 Å². The average Bonchev–Trinajstić information content (AvgIpc) is 3.11. The Morgan fingerprint density at radius 1 is 1.21 bits per heavy atom. The monoisotopic (exact) mass is 401 g/mol. The van der Waals surface area contributed by atoms with Crippen molar-refractivity contribution >= 4 is 28.1 Å². The molecule has 0 saturated carbocycles. The topological polar surface area (TPSA) is 55.3 Å². The molecular formula is C22H31N3O2S. The van der Waals surface area contributed by atoms with Crippen LogP contribution in [0, 0.1) is 5.92 Å². The molecule has 6 heteroatoms. The maximum absolute atomic E-state index is 11.7. The molecule has 0 aliphatic heterocycles. The number of ether oxygens (including phenoxy) is 1. The standard InChI is InChI=1S/C22H31N3O2S/c1-14(2)13-25(15-8-9-16(23-12-15)19(26)27-7)20-24-17-18(28-20)22(5,6)11-10-21(17,3)4/h8-9,12,14H,10-11,13H2,1-7H3. The van der Waals surface area contributed by atoms with Crippen LogP contribution in [0.1, 0.15) is 75.4 Å². The van der Waals surface area contributed by atoms with Crippen molar-refractivity contribution in [2.45, 2.75) is 65.2 Å². The van der Waals surface area contributed by atoms with Gasteiger partial charge in [-0.25, -0.2) is 14.8 Å². The largest absolute Gasteiger partial charge is 0.464 e. The molecule has 1 aliphatic rings. The van der Waals surface area contributed by atoms with Crippen molar-refractivity contribution in [1.82, 2.24) is 9.97 Å². The van der Waals surface area contributed by atoms with E-state index in [0.717, 1.165) is 23.8 Å². The molecule has 0 fully saturated rings. The second-order valence-corrected chi connectivity index (χ2v) is 10.3. The summed E-state index contributed by atoms with van der Waals surface area (Å²) in [6.07, 6.45) is 4.06. The zero-order chi connectivity index (χ0) is 20.7. The summed E-state index contributed by atoms with van der Waals surface area (Å²) in [5.74, 6) is 0.0393. The average molecular weight is 402 g/mol. The van der Waals surface area contributed by atoms with Gasteiger partial charge in [-0.1, -0.05) is 41.5 Å². The highest BCUT2D eigenvalue weighted by atomic mass is 32.1.